The van der Waals surface area contributed by atoms with E-state index in [-0.39, 0.29) is 29.2 Å². The SMILES string of the molecule is CNC(=O)/C1=C/N=C(C)N=C/C(c2c(F)cn3nc(N)nc(OC)c23)=C\[C@H]1C. The minimum absolute atomic E-state index is 0.0517. The van der Waals surface area contributed by atoms with Gasteiger partial charge in [-0.1, -0.05) is 13.0 Å². The third kappa shape index (κ3) is 3.48. The number of carbonyl (C=O) groups excluding carboxylic acids is 1. The van der Waals surface area contributed by atoms with Crippen LogP contribution in [-0.4, -0.2) is 46.7 Å². The van der Waals surface area contributed by atoms with Crippen LogP contribution in [0.25, 0.3) is 11.1 Å². The second-order valence-electron chi connectivity index (χ2n) is 6.13. The molecule has 0 spiro atoms. The first-order chi connectivity index (χ1) is 13.3. The molecule has 0 bridgehead atoms. The topological polar surface area (TPSA) is 119 Å². The largest absolute Gasteiger partial charge is 0.479 e. The molecule has 0 saturated carbocycles. The van der Waals surface area contributed by atoms with Crippen LogP contribution in [0.1, 0.15) is 19.4 Å². The molecule has 0 aliphatic carbocycles. The van der Waals surface area contributed by atoms with Crippen molar-refractivity contribution < 1.29 is 13.9 Å². The van der Waals surface area contributed by atoms with Crippen molar-refractivity contribution >= 4 is 35.0 Å². The Morgan fingerprint density at radius 3 is 2.86 bits per heavy atom. The first-order valence-corrected chi connectivity index (χ1v) is 8.46. The van der Waals surface area contributed by atoms with Gasteiger partial charge in [0, 0.05) is 36.5 Å². The van der Waals surface area contributed by atoms with E-state index >= 15 is 0 Å². The molecule has 0 aromatic carbocycles. The van der Waals surface area contributed by atoms with E-state index in [1.807, 2.05) is 6.92 Å². The molecule has 3 heterocycles. The summed E-state index contributed by atoms with van der Waals surface area (Å²) in [5.74, 6) is -0.714. The fourth-order valence-electron chi connectivity index (χ4n) is 2.89. The highest BCUT2D eigenvalue weighted by atomic mass is 19.1. The maximum absolute atomic E-state index is 14.9. The van der Waals surface area contributed by atoms with Gasteiger partial charge in [-0.3, -0.25) is 4.79 Å². The molecule has 9 nitrogen and oxygen atoms in total. The van der Waals surface area contributed by atoms with Gasteiger partial charge in [0.1, 0.15) is 11.4 Å². The molecular formula is C18H20FN7O2. The number of allylic oxidation sites excluding steroid dienone is 2. The van der Waals surface area contributed by atoms with Gasteiger partial charge in [0.15, 0.2) is 5.82 Å². The number of aliphatic imine (C=N–C) groups is 2. The number of anilines is 1. The number of methoxy groups -OCH3 is 1. The maximum Gasteiger partial charge on any atom is 0.249 e. The molecule has 2 aromatic rings. The number of nitrogens with one attached hydrogen (secondary N) is 1. The van der Waals surface area contributed by atoms with E-state index in [1.54, 1.807) is 13.0 Å². The molecule has 10 heteroatoms. The molecule has 0 unspecified atom stereocenters. The van der Waals surface area contributed by atoms with Gasteiger partial charge in [-0.05, 0) is 6.92 Å². The third-order valence-corrected chi connectivity index (χ3v) is 4.24. The molecule has 3 rings (SSSR count). The number of amides is 1. The number of nitrogens with two attached hydrogens (primary N) is 1. The van der Waals surface area contributed by atoms with Crippen LogP contribution in [0.4, 0.5) is 10.3 Å². The standard InChI is InChI=1S/C18H20FN7O2/c1-9-5-11(6-22-10(2)23-7-12(9)16(27)21-3)14-13(19)8-26-15(14)17(28-4)24-18(20)25-26/h5-9H,1-4H3,(H2,20,25)(H,21,27)/b11-5+,12-7+,22-6?,23-10?/t9-/m1/s1. The third-order valence-electron chi connectivity index (χ3n) is 4.24. The van der Waals surface area contributed by atoms with Crippen LogP contribution in [0.2, 0.25) is 0 Å². The quantitative estimate of drug-likeness (QED) is 0.832. The highest BCUT2D eigenvalue weighted by molar-refractivity contribution is 6.16. The predicted molar refractivity (Wildman–Crippen MR) is 105 cm³/mol. The molecule has 2 aromatic heterocycles. The number of halogens is 1. The maximum atomic E-state index is 14.9. The van der Waals surface area contributed by atoms with Gasteiger partial charge in [-0.2, -0.15) is 4.98 Å². The molecule has 0 fully saturated rings. The number of carbonyl (C=O) groups is 1. The number of fused-ring (bicyclic) bond motifs is 1. The Labute approximate surface area is 160 Å². The van der Waals surface area contributed by atoms with Crippen molar-refractivity contribution in [1.82, 2.24) is 19.9 Å². The molecule has 0 saturated heterocycles. The first kappa shape index (κ1) is 19.2. The number of ether oxygens (including phenoxy) is 1. The number of amidine groups is 1. The Morgan fingerprint density at radius 2 is 2.18 bits per heavy atom. The fraction of sp³-hybridized carbons (Fsp3) is 0.278. The second-order valence-corrected chi connectivity index (χ2v) is 6.13. The number of hydrogen-bond donors (Lipinski definition) is 2. The molecule has 28 heavy (non-hydrogen) atoms. The monoisotopic (exact) mass is 385 g/mol. The van der Waals surface area contributed by atoms with E-state index < -0.39 is 5.82 Å². The van der Waals surface area contributed by atoms with Gasteiger partial charge in [0.25, 0.3) is 0 Å². The zero-order valence-electron chi connectivity index (χ0n) is 15.9. The van der Waals surface area contributed by atoms with E-state index in [0.29, 0.717) is 22.5 Å². The van der Waals surface area contributed by atoms with Gasteiger partial charge in [-0.15, -0.1) is 5.10 Å². The summed E-state index contributed by atoms with van der Waals surface area (Å²) < 4.78 is 21.4. The van der Waals surface area contributed by atoms with Crippen LogP contribution >= 0.6 is 0 Å². The summed E-state index contributed by atoms with van der Waals surface area (Å²) in [6.07, 6.45) is 5.87. The number of likely N-dealkylation sites (N-methyl/N-ethyl adjacent to an activating group) is 1. The Bertz CT molecular complexity index is 1070. The van der Waals surface area contributed by atoms with E-state index in [4.69, 9.17) is 10.5 Å². The second kappa shape index (κ2) is 7.59. The van der Waals surface area contributed by atoms with Gasteiger partial charge < -0.3 is 15.8 Å². The lowest BCUT2D eigenvalue weighted by Crippen LogP contribution is -2.23. The van der Waals surface area contributed by atoms with Crippen molar-refractivity contribution in [3.8, 4) is 5.88 Å². The van der Waals surface area contributed by atoms with Crippen LogP contribution in [0.15, 0.2) is 34.0 Å². The Morgan fingerprint density at radius 1 is 1.43 bits per heavy atom. The average molecular weight is 385 g/mol. The Balaban J connectivity index is 2.26. The first-order valence-electron chi connectivity index (χ1n) is 8.46. The van der Waals surface area contributed by atoms with Crippen LogP contribution in [0.3, 0.4) is 0 Å². The average Bonchev–Trinajstić information content (AvgIpc) is 3.01. The van der Waals surface area contributed by atoms with Crippen molar-refractivity contribution in [2.24, 2.45) is 15.9 Å². The fourth-order valence-corrected chi connectivity index (χ4v) is 2.89. The minimum Gasteiger partial charge on any atom is -0.479 e. The molecule has 1 amide bonds. The highest BCUT2D eigenvalue weighted by Gasteiger charge is 2.23. The van der Waals surface area contributed by atoms with Crippen molar-refractivity contribution in [3.63, 3.8) is 0 Å². The lowest BCUT2D eigenvalue weighted by Gasteiger charge is -2.12. The lowest BCUT2D eigenvalue weighted by atomic mass is 9.96. The zero-order valence-corrected chi connectivity index (χ0v) is 15.9. The Hall–Kier alpha value is -3.56. The molecule has 1 aliphatic rings. The lowest BCUT2D eigenvalue weighted by molar-refractivity contribution is -0.117. The molecule has 1 atom stereocenters. The summed E-state index contributed by atoms with van der Waals surface area (Å²) in [7, 11) is 2.95. The van der Waals surface area contributed by atoms with Crippen LogP contribution in [-0.2, 0) is 4.79 Å². The number of rotatable bonds is 3. The van der Waals surface area contributed by atoms with Gasteiger partial charge in [0.05, 0.1) is 18.9 Å². The van der Waals surface area contributed by atoms with Crippen molar-refractivity contribution in [2.75, 3.05) is 19.9 Å². The van der Waals surface area contributed by atoms with Gasteiger partial charge in [-0.25, -0.2) is 18.9 Å². The van der Waals surface area contributed by atoms with E-state index in [2.05, 4.69) is 25.4 Å². The van der Waals surface area contributed by atoms with E-state index in [1.165, 1.54) is 37.3 Å². The van der Waals surface area contributed by atoms with Crippen LogP contribution < -0.4 is 15.8 Å². The predicted octanol–water partition coefficient (Wildman–Crippen LogP) is 1.61. The zero-order chi connectivity index (χ0) is 20.4. The molecule has 146 valence electrons. The smallest absolute Gasteiger partial charge is 0.249 e. The summed E-state index contributed by atoms with van der Waals surface area (Å²) >= 11 is 0. The molecule has 3 N–H and O–H groups in total. The summed E-state index contributed by atoms with van der Waals surface area (Å²) in [6.45, 7) is 3.49. The van der Waals surface area contributed by atoms with Gasteiger partial charge in [0.2, 0.25) is 17.7 Å². The summed E-state index contributed by atoms with van der Waals surface area (Å²) in [4.78, 5) is 24.7. The normalized spacial score (nSPS) is 20.9. The highest BCUT2D eigenvalue weighted by Crippen LogP contribution is 2.32. The van der Waals surface area contributed by atoms with Crippen molar-refractivity contribution in [3.05, 3.63) is 35.4 Å². The molecule has 1 aliphatic heterocycles. The Kier molecular flexibility index (Phi) is 5.21. The number of aromatic nitrogens is 3. The van der Waals surface area contributed by atoms with E-state index in [0.717, 1.165) is 0 Å². The van der Waals surface area contributed by atoms with E-state index in [9.17, 15) is 9.18 Å². The van der Waals surface area contributed by atoms with Gasteiger partial charge >= 0.3 is 0 Å². The summed E-state index contributed by atoms with van der Waals surface area (Å²) in [5, 5.41) is 6.59. The number of nitrogens with zero attached hydrogens (tertiary/aromatic N) is 5. The van der Waals surface area contributed by atoms with Crippen molar-refractivity contribution in [1.29, 1.82) is 0 Å². The van der Waals surface area contributed by atoms with Crippen molar-refractivity contribution in [2.45, 2.75) is 13.8 Å². The number of nitrogen functional groups attached to an aromatic ring is 1. The summed E-state index contributed by atoms with van der Waals surface area (Å²) in [6, 6.07) is 0. The summed E-state index contributed by atoms with van der Waals surface area (Å²) in [5.41, 5.74) is 7.01. The van der Waals surface area contributed by atoms with Crippen LogP contribution in [0.5, 0.6) is 5.88 Å². The number of hydrogen-bond acceptors (Lipinski definition) is 7. The molecular weight excluding hydrogens is 365 g/mol. The van der Waals surface area contributed by atoms with Crippen LogP contribution in [0, 0.1) is 11.7 Å². The molecule has 0 radical (unpaired) electrons. The minimum atomic E-state index is -0.553.